The van der Waals surface area contributed by atoms with Gasteiger partial charge in [-0.05, 0) is 40.6 Å². The number of amides is 1. The highest BCUT2D eigenvalue weighted by molar-refractivity contribution is 7.09. The number of benzene rings is 1. The topological polar surface area (TPSA) is 44.9 Å². The molecule has 3 nitrogen and oxygen atoms in total. The van der Waals surface area contributed by atoms with Crippen molar-refractivity contribution in [3.05, 3.63) is 58.4 Å². The van der Waals surface area contributed by atoms with Crippen LogP contribution in [0.4, 0.5) is 0 Å². The molecule has 1 aromatic carbocycles. The maximum atomic E-state index is 11.9. The van der Waals surface area contributed by atoms with E-state index in [4.69, 9.17) is 0 Å². The summed E-state index contributed by atoms with van der Waals surface area (Å²) in [6.07, 6.45) is 2.33. The average Bonchev–Trinajstić information content (AvgIpc) is 3.07. The van der Waals surface area contributed by atoms with E-state index < -0.39 is 0 Å². The fraction of sp³-hybridized carbons (Fsp3) is 0.133. The molecule has 0 saturated carbocycles. The first kappa shape index (κ1) is 12.0. The maximum absolute atomic E-state index is 11.9. The zero-order chi connectivity index (χ0) is 13.1. The van der Waals surface area contributed by atoms with Gasteiger partial charge in [0.15, 0.2) is 0 Å². The third-order valence-electron chi connectivity index (χ3n) is 3.02. The first-order chi connectivity index (χ1) is 9.31. The number of nitrogens with one attached hydrogen (secondary N) is 2. The SMILES string of the molecule is O=C(Cc1ccc2[nH]ccc2c1)NCc1cccs1. The number of aromatic amines is 1. The highest BCUT2D eigenvalue weighted by Gasteiger charge is 2.05. The highest BCUT2D eigenvalue weighted by atomic mass is 32.1. The van der Waals surface area contributed by atoms with E-state index >= 15 is 0 Å². The molecule has 0 aliphatic heterocycles. The molecule has 0 saturated heterocycles. The molecule has 3 rings (SSSR count). The lowest BCUT2D eigenvalue weighted by molar-refractivity contribution is -0.120. The van der Waals surface area contributed by atoms with Crippen molar-refractivity contribution in [3.8, 4) is 0 Å². The minimum atomic E-state index is 0.0586. The van der Waals surface area contributed by atoms with Gasteiger partial charge in [-0.15, -0.1) is 11.3 Å². The van der Waals surface area contributed by atoms with Crippen molar-refractivity contribution in [2.45, 2.75) is 13.0 Å². The second-order valence-corrected chi connectivity index (χ2v) is 5.46. The summed E-state index contributed by atoms with van der Waals surface area (Å²) in [5.74, 6) is 0.0586. The third kappa shape index (κ3) is 2.85. The van der Waals surface area contributed by atoms with Crippen molar-refractivity contribution in [2.75, 3.05) is 0 Å². The van der Waals surface area contributed by atoms with Gasteiger partial charge < -0.3 is 10.3 Å². The highest BCUT2D eigenvalue weighted by Crippen LogP contribution is 2.14. The Morgan fingerprint density at radius 1 is 1.26 bits per heavy atom. The van der Waals surface area contributed by atoms with Gasteiger partial charge in [0.05, 0.1) is 13.0 Å². The van der Waals surface area contributed by atoms with E-state index in [1.807, 2.05) is 41.9 Å². The molecule has 0 atom stereocenters. The number of thiophene rings is 1. The number of carbonyl (C=O) groups excluding carboxylic acids is 1. The van der Waals surface area contributed by atoms with Crippen LogP contribution in [-0.4, -0.2) is 10.9 Å². The second-order valence-electron chi connectivity index (χ2n) is 4.43. The normalized spacial score (nSPS) is 10.7. The fourth-order valence-corrected chi connectivity index (χ4v) is 2.70. The van der Waals surface area contributed by atoms with Crippen molar-refractivity contribution in [3.63, 3.8) is 0 Å². The number of H-pyrrole nitrogens is 1. The molecule has 0 fully saturated rings. The Morgan fingerprint density at radius 2 is 2.21 bits per heavy atom. The molecule has 2 N–H and O–H groups in total. The lowest BCUT2D eigenvalue weighted by Gasteiger charge is -2.04. The lowest BCUT2D eigenvalue weighted by atomic mass is 10.1. The largest absolute Gasteiger partial charge is 0.361 e. The molecule has 0 aliphatic carbocycles. The number of rotatable bonds is 4. The summed E-state index contributed by atoms with van der Waals surface area (Å²) >= 11 is 1.66. The Hall–Kier alpha value is -2.07. The van der Waals surface area contributed by atoms with Crippen LogP contribution in [0.25, 0.3) is 10.9 Å². The van der Waals surface area contributed by atoms with Crippen LogP contribution in [0.1, 0.15) is 10.4 Å². The minimum Gasteiger partial charge on any atom is -0.361 e. The molecule has 2 heterocycles. The van der Waals surface area contributed by atoms with Gasteiger partial charge in [-0.1, -0.05) is 12.1 Å². The Kier molecular flexibility index (Phi) is 3.33. The van der Waals surface area contributed by atoms with Gasteiger partial charge in [-0.3, -0.25) is 4.79 Å². The predicted octanol–water partition coefficient (Wildman–Crippen LogP) is 3.09. The summed E-state index contributed by atoms with van der Waals surface area (Å²) in [7, 11) is 0. The summed E-state index contributed by atoms with van der Waals surface area (Å²) in [4.78, 5) is 16.2. The molecular formula is C15H14N2OS. The second kappa shape index (κ2) is 5.28. The molecule has 4 heteroatoms. The summed E-state index contributed by atoms with van der Waals surface area (Å²) in [6, 6.07) is 12.1. The Balaban J connectivity index is 1.62. The molecule has 1 amide bonds. The molecule has 0 bridgehead atoms. The van der Waals surface area contributed by atoms with E-state index in [2.05, 4.69) is 16.4 Å². The lowest BCUT2D eigenvalue weighted by Crippen LogP contribution is -2.24. The van der Waals surface area contributed by atoms with Crippen molar-refractivity contribution in [1.29, 1.82) is 0 Å². The van der Waals surface area contributed by atoms with Crippen LogP contribution in [0.5, 0.6) is 0 Å². The van der Waals surface area contributed by atoms with Gasteiger partial charge in [-0.25, -0.2) is 0 Å². The number of carbonyl (C=O) groups is 1. The Labute approximate surface area is 115 Å². The van der Waals surface area contributed by atoms with Gasteiger partial charge in [-0.2, -0.15) is 0 Å². The molecule has 0 unspecified atom stereocenters. The zero-order valence-corrected chi connectivity index (χ0v) is 11.2. The monoisotopic (exact) mass is 270 g/mol. The zero-order valence-electron chi connectivity index (χ0n) is 10.3. The van der Waals surface area contributed by atoms with Crippen molar-refractivity contribution in [1.82, 2.24) is 10.3 Å². The van der Waals surface area contributed by atoms with Gasteiger partial charge >= 0.3 is 0 Å². The average molecular weight is 270 g/mol. The third-order valence-corrected chi connectivity index (χ3v) is 3.90. The first-order valence-electron chi connectivity index (χ1n) is 6.16. The van der Waals surface area contributed by atoms with E-state index in [0.717, 1.165) is 16.5 Å². The van der Waals surface area contributed by atoms with E-state index in [-0.39, 0.29) is 5.91 Å². The molecule has 96 valence electrons. The molecule has 0 aliphatic rings. The standard InChI is InChI=1S/C15H14N2OS/c18-15(17-10-13-2-1-7-19-13)9-11-3-4-14-12(8-11)5-6-16-14/h1-8,16H,9-10H2,(H,17,18). The van der Waals surface area contributed by atoms with Crippen LogP contribution in [0.15, 0.2) is 48.0 Å². The molecule has 2 aromatic heterocycles. The quantitative estimate of drug-likeness (QED) is 0.752. The molecule has 0 radical (unpaired) electrons. The van der Waals surface area contributed by atoms with Gasteiger partial charge in [0, 0.05) is 16.6 Å². The summed E-state index contributed by atoms with van der Waals surface area (Å²) < 4.78 is 0. The fourth-order valence-electron chi connectivity index (χ4n) is 2.06. The van der Waals surface area contributed by atoms with Crippen LogP contribution in [0.2, 0.25) is 0 Å². The first-order valence-corrected chi connectivity index (χ1v) is 7.04. The van der Waals surface area contributed by atoms with Gasteiger partial charge in [0.25, 0.3) is 0 Å². The Morgan fingerprint density at radius 3 is 3.05 bits per heavy atom. The molecular weight excluding hydrogens is 256 g/mol. The molecule has 3 aromatic rings. The van der Waals surface area contributed by atoms with Gasteiger partial charge in [0.1, 0.15) is 0 Å². The van der Waals surface area contributed by atoms with E-state index in [0.29, 0.717) is 13.0 Å². The van der Waals surface area contributed by atoms with Crippen molar-refractivity contribution >= 4 is 28.1 Å². The van der Waals surface area contributed by atoms with E-state index in [1.54, 1.807) is 11.3 Å². The van der Waals surface area contributed by atoms with E-state index in [1.165, 1.54) is 4.88 Å². The summed E-state index contributed by atoms with van der Waals surface area (Å²) in [5.41, 5.74) is 2.14. The van der Waals surface area contributed by atoms with E-state index in [9.17, 15) is 4.79 Å². The minimum absolute atomic E-state index is 0.0586. The molecule has 0 spiro atoms. The smallest absolute Gasteiger partial charge is 0.224 e. The number of aromatic nitrogens is 1. The van der Waals surface area contributed by atoms with Crippen molar-refractivity contribution < 1.29 is 4.79 Å². The van der Waals surface area contributed by atoms with Gasteiger partial charge in [0.2, 0.25) is 5.91 Å². The van der Waals surface area contributed by atoms with Crippen LogP contribution in [0.3, 0.4) is 0 Å². The predicted molar refractivity (Wildman–Crippen MR) is 78.2 cm³/mol. The summed E-state index contributed by atoms with van der Waals surface area (Å²) in [6.45, 7) is 0.614. The maximum Gasteiger partial charge on any atom is 0.224 e. The number of hydrogen-bond acceptors (Lipinski definition) is 2. The summed E-state index contributed by atoms with van der Waals surface area (Å²) in [5, 5.41) is 6.10. The number of hydrogen-bond donors (Lipinski definition) is 2. The Bertz CT molecular complexity index is 685. The van der Waals surface area contributed by atoms with Crippen molar-refractivity contribution in [2.24, 2.45) is 0 Å². The molecule has 19 heavy (non-hydrogen) atoms. The van der Waals surface area contributed by atoms with Crippen LogP contribution in [0, 0.1) is 0 Å². The van der Waals surface area contributed by atoms with Crippen LogP contribution < -0.4 is 5.32 Å². The van der Waals surface area contributed by atoms with Crippen LogP contribution in [-0.2, 0) is 17.8 Å². The van der Waals surface area contributed by atoms with Crippen LogP contribution >= 0.6 is 11.3 Å². The number of fused-ring (bicyclic) bond motifs is 1.